The molecule has 7 nitrogen and oxygen atoms in total. The Balaban J connectivity index is 2.58. The molecule has 0 unspecified atom stereocenters. The van der Waals surface area contributed by atoms with Crippen molar-refractivity contribution in [1.82, 2.24) is 14.7 Å². The minimum atomic E-state index is -3.29. The fourth-order valence-electron chi connectivity index (χ4n) is 0.979. The Morgan fingerprint density at radius 1 is 1.53 bits per heavy atom. The first kappa shape index (κ1) is 13.6. The van der Waals surface area contributed by atoms with Gasteiger partial charge in [0, 0.05) is 6.54 Å². The van der Waals surface area contributed by atoms with E-state index in [0.29, 0.717) is 0 Å². The first-order valence-electron chi connectivity index (χ1n) is 4.70. The Morgan fingerprint density at radius 2 is 2.24 bits per heavy atom. The number of hydrogen-bond donors (Lipinski definition) is 2. The van der Waals surface area contributed by atoms with E-state index in [9.17, 15) is 12.8 Å². The summed E-state index contributed by atoms with van der Waals surface area (Å²) in [6, 6.07) is 0. The monoisotopic (exact) mass is 264 g/mol. The number of methoxy groups -OCH3 is 1. The molecule has 0 amide bonds. The molecule has 0 radical (unpaired) electrons. The number of halogens is 1. The molecular formula is C8H13FN4O3S. The zero-order valence-electron chi connectivity index (χ0n) is 9.40. The maximum atomic E-state index is 13.0. The van der Waals surface area contributed by atoms with Crippen LogP contribution in [-0.2, 0) is 10.0 Å². The fourth-order valence-corrected chi connectivity index (χ4v) is 1.55. The van der Waals surface area contributed by atoms with Gasteiger partial charge >= 0.3 is 0 Å². The van der Waals surface area contributed by atoms with Crippen molar-refractivity contribution in [1.29, 1.82) is 0 Å². The fraction of sp³-hybridized carbons (Fsp3) is 0.500. The third kappa shape index (κ3) is 4.11. The summed E-state index contributed by atoms with van der Waals surface area (Å²) in [7, 11) is -0.682. The molecule has 1 heterocycles. The van der Waals surface area contributed by atoms with E-state index in [1.54, 1.807) is 0 Å². The molecule has 0 saturated heterocycles. The molecule has 1 aromatic heterocycles. The topological polar surface area (TPSA) is 93.2 Å². The molecule has 0 saturated carbocycles. The third-order valence-corrected chi connectivity index (χ3v) is 3.23. The summed E-state index contributed by atoms with van der Waals surface area (Å²) in [6.45, 7) is 0.109. The van der Waals surface area contributed by atoms with Crippen molar-refractivity contribution in [3.05, 3.63) is 12.0 Å². The van der Waals surface area contributed by atoms with Crippen LogP contribution in [0.15, 0.2) is 6.20 Å². The predicted octanol–water partition coefficient (Wildman–Crippen LogP) is -0.415. The van der Waals surface area contributed by atoms with Gasteiger partial charge in [-0.05, 0) is 7.05 Å². The molecule has 0 fully saturated rings. The first-order chi connectivity index (χ1) is 7.98. The van der Waals surface area contributed by atoms with Gasteiger partial charge in [-0.1, -0.05) is 0 Å². The van der Waals surface area contributed by atoms with Crippen LogP contribution in [0.2, 0.25) is 0 Å². The molecule has 1 aromatic rings. The Bertz CT molecular complexity index is 480. The second-order valence-corrected chi connectivity index (χ2v) is 5.05. The molecule has 96 valence electrons. The maximum absolute atomic E-state index is 13.0. The van der Waals surface area contributed by atoms with Crippen LogP contribution in [-0.4, -0.2) is 44.8 Å². The van der Waals surface area contributed by atoms with E-state index in [1.807, 2.05) is 0 Å². The highest BCUT2D eigenvalue weighted by Gasteiger charge is 2.09. The van der Waals surface area contributed by atoms with Crippen LogP contribution in [0.5, 0.6) is 5.88 Å². The maximum Gasteiger partial charge on any atom is 0.255 e. The number of nitrogens with zero attached hydrogens (tertiary/aromatic N) is 2. The lowest BCUT2D eigenvalue weighted by atomic mass is 10.6. The predicted molar refractivity (Wildman–Crippen MR) is 59.9 cm³/mol. The number of aromatic nitrogens is 2. The van der Waals surface area contributed by atoms with E-state index in [-0.39, 0.29) is 24.1 Å². The number of hydrogen-bond acceptors (Lipinski definition) is 6. The molecule has 9 heteroatoms. The van der Waals surface area contributed by atoms with E-state index in [1.165, 1.54) is 14.2 Å². The SMILES string of the molecule is CNS(=O)(=O)CCNc1ncc(F)c(OC)n1. The van der Waals surface area contributed by atoms with Crippen LogP contribution < -0.4 is 14.8 Å². The van der Waals surface area contributed by atoms with Crippen LogP contribution in [0.3, 0.4) is 0 Å². The molecular weight excluding hydrogens is 251 g/mol. The Morgan fingerprint density at radius 3 is 2.82 bits per heavy atom. The molecule has 17 heavy (non-hydrogen) atoms. The molecule has 0 aromatic carbocycles. The minimum Gasteiger partial charge on any atom is -0.479 e. The van der Waals surface area contributed by atoms with Crippen molar-refractivity contribution in [3.8, 4) is 5.88 Å². The van der Waals surface area contributed by atoms with Crippen molar-refractivity contribution in [2.24, 2.45) is 0 Å². The quantitative estimate of drug-likeness (QED) is 0.725. The average Bonchev–Trinajstić information content (AvgIpc) is 2.31. The molecule has 1 rings (SSSR count). The lowest BCUT2D eigenvalue weighted by Crippen LogP contribution is -2.26. The second-order valence-electron chi connectivity index (χ2n) is 3.00. The van der Waals surface area contributed by atoms with Crippen LogP contribution >= 0.6 is 0 Å². The Labute approximate surface area is 98.5 Å². The van der Waals surface area contributed by atoms with E-state index < -0.39 is 15.8 Å². The highest BCUT2D eigenvalue weighted by atomic mass is 32.2. The summed E-state index contributed by atoms with van der Waals surface area (Å²) in [6.07, 6.45) is 0.945. The van der Waals surface area contributed by atoms with Gasteiger partial charge in [0.25, 0.3) is 5.88 Å². The largest absolute Gasteiger partial charge is 0.479 e. The molecule has 0 atom stereocenters. The Hall–Kier alpha value is -1.48. The Kier molecular flexibility index (Phi) is 4.58. The number of ether oxygens (including phenoxy) is 1. The summed E-state index contributed by atoms with van der Waals surface area (Å²) >= 11 is 0. The van der Waals surface area contributed by atoms with Gasteiger partial charge in [-0.2, -0.15) is 9.37 Å². The van der Waals surface area contributed by atoms with Gasteiger partial charge in [0.2, 0.25) is 21.8 Å². The van der Waals surface area contributed by atoms with Gasteiger partial charge in [-0.15, -0.1) is 0 Å². The third-order valence-electron chi connectivity index (χ3n) is 1.87. The number of nitrogens with one attached hydrogen (secondary N) is 2. The normalized spacial score (nSPS) is 11.2. The van der Waals surface area contributed by atoms with E-state index in [0.717, 1.165) is 6.20 Å². The number of sulfonamides is 1. The smallest absolute Gasteiger partial charge is 0.255 e. The summed E-state index contributed by atoms with van der Waals surface area (Å²) < 4.78 is 42.0. The van der Waals surface area contributed by atoms with Gasteiger partial charge in [0.1, 0.15) is 0 Å². The standard InChI is InChI=1S/C8H13FN4O3S/c1-10-17(14,15)4-3-11-8-12-5-6(9)7(13-8)16-2/h5,10H,3-4H2,1-2H3,(H,11,12,13). The lowest BCUT2D eigenvalue weighted by molar-refractivity contribution is 0.368. The highest BCUT2D eigenvalue weighted by molar-refractivity contribution is 7.89. The zero-order chi connectivity index (χ0) is 12.9. The first-order valence-corrected chi connectivity index (χ1v) is 6.35. The summed E-state index contributed by atoms with van der Waals surface area (Å²) in [5.74, 6) is -0.901. The molecule has 0 aliphatic rings. The summed E-state index contributed by atoms with van der Waals surface area (Å²) in [5, 5.41) is 2.65. The molecule has 0 spiro atoms. The number of rotatable bonds is 6. The van der Waals surface area contributed by atoms with Gasteiger partial charge in [-0.3, -0.25) is 0 Å². The number of anilines is 1. The molecule has 0 aliphatic heterocycles. The molecule has 0 aliphatic carbocycles. The van der Waals surface area contributed by atoms with Crippen LogP contribution in [0, 0.1) is 5.82 Å². The summed E-state index contributed by atoms with van der Waals surface area (Å²) in [5.41, 5.74) is 0. The van der Waals surface area contributed by atoms with Crippen LogP contribution in [0.4, 0.5) is 10.3 Å². The lowest BCUT2D eigenvalue weighted by Gasteiger charge is -2.06. The molecule has 2 N–H and O–H groups in total. The van der Waals surface area contributed by atoms with E-state index in [4.69, 9.17) is 0 Å². The van der Waals surface area contributed by atoms with Gasteiger partial charge in [0.05, 0.1) is 19.1 Å². The average molecular weight is 264 g/mol. The van der Waals surface area contributed by atoms with Gasteiger partial charge in [-0.25, -0.2) is 18.1 Å². The van der Waals surface area contributed by atoms with Crippen LogP contribution in [0.25, 0.3) is 0 Å². The van der Waals surface area contributed by atoms with Crippen molar-refractivity contribution in [3.63, 3.8) is 0 Å². The van der Waals surface area contributed by atoms with Crippen molar-refractivity contribution in [2.45, 2.75) is 0 Å². The van der Waals surface area contributed by atoms with E-state index in [2.05, 4.69) is 24.7 Å². The highest BCUT2D eigenvalue weighted by Crippen LogP contribution is 2.13. The minimum absolute atomic E-state index is 0.106. The van der Waals surface area contributed by atoms with Crippen molar-refractivity contribution in [2.75, 3.05) is 31.8 Å². The van der Waals surface area contributed by atoms with E-state index >= 15 is 0 Å². The van der Waals surface area contributed by atoms with Crippen LogP contribution in [0.1, 0.15) is 0 Å². The van der Waals surface area contributed by atoms with Crippen molar-refractivity contribution < 1.29 is 17.5 Å². The van der Waals surface area contributed by atoms with Crippen molar-refractivity contribution >= 4 is 16.0 Å². The van der Waals surface area contributed by atoms with Gasteiger partial charge < -0.3 is 10.1 Å². The second kappa shape index (κ2) is 5.73. The summed E-state index contributed by atoms with van der Waals surface area (Å²) in [4.78, 5) is 7.34. The van der Waals surface area contributed by atoms with Gasteiger partial charge in [0.15, 0.2) is 0 Å². The molecule has 0 bridgehead atoms. The zero-order valence-corrected chi connectivity index (χ0v) is 10.2.